The van der Waals surface area contributed by atoms with E-state index in [0.29, 0.717) is 22.1 Å². The van der Waals surface area contributed by atoms with Crippen LogP contribution in [0.4, 0.5) is 4.39 Å². The van der Waals surface area contributed by atoms with Crippen LogP contribution in [-0.4, -0.2) is 14.6 Å². The lowest BCUT2D eigenvalue weighted by Crippen LogP contribution is -1.87. The predicted molar refractivity (Wildman–Crippen MR) is 63.4 cm³/mol. The molecule has 3 nitrogen and oxygen atoms in total. The lowest BCUT2D eigenvalue weighted by molar-refractivity contribution is 0.630. The summed E-state index contributed by atoms with van der Waals surface area (Å²) in [7, 11) is 0. The van der Waals surface area contributed by atoms with E-state index in [1.807, 2.05) is 0 Å². The Morgan fingerprint density at radius 1 is 1.12 bits per heavy atom. The summed E-state index contributed by atoms with van der Waals surface area (Å²) in [5, 5.41) is 4.67. The molecule has 0 spiro atoms. The van der Waals surface area contributed by atoms with Crippen molar-refractivity contribution in [1.29, 1.82) is 0 Å². The van der Waals surface area contributed by atoms with Crippen molar-refractivity contribution in [1.82, 2.24) is 14.6 Å². The molecule has 0 aliphatic heterocycles. The van der Waals surface area contributed by atoms with Gasteiger partial charge in [0.1, 0.15) is 5.82 Å². The standard InChI is InChI=1S/C12H7ClFN3/c13-9-5-3-7-17-12(9)15-11(16-17)8-4-1-2-6-10(8)14/h1-7H. The minimum absolute atomic E-state index is 0.330. The number of fused-ring (bicyclic) bond motifs is 1. The summed E-state index contributed by atoms with van der Waals surface area (Å²) in [6.07, 6.45) is 1.72. The molecule has 0 N–H and O–H groups in total. The topological polar surface area (TPSA) is 30.2 Å². The third-order valence-electron chi connectivity index (χ3n) is 2.43. The van der Waals surface area contributed by atoms with E-state index in [0.717, 1.165) is 0 Å². The van der Waals surface area contributed by atoms with E-state index < -0.39 is 0 Å². The Hall–Kier alpha value is -1.94. The molecular weight excluding hydrogens is 241 g/mol. The number of rotatable bonds is 1. The smallest absolute Gasteiger partial charge is 0.185 e. The summed E-state index contributed by atoms with van der Waals surface area (Å²) in [5.41, 5.74) is 0.889. The first kappa shape index (κ1) is 10.2. The van der Waals surface area contributed by atoms with E-state index in [1.165, 1.54) is 10.6 Å². The van der Waals surface area contributed by atoms with E-state index in [-0.39, 0.29) is 5.82 Å². The number of hydrogen-bond acceptors (Lipinski definition) is 2. The Morgan fingerprint density at radius 2 is 1.94 bits per heavy atom. The van der Waals surface area contributed by atoms with Gasteiger partial charge >= 0.3 is 0 Å². The summed E-state index contributed by atoms with van der Waals surface area (Å²) in [5.74, 6) is -0.0178. The number of hydrogen-bond donors (Lipinski definition) is 0. The maximum absolute atomic E-state index is 13.6. The molecule has 84 valence electrons. The predicted octanol–water partition coefficient (Wildman–Crippen LogP) is 3.19. The molecule has 0 bridgehead atoms. The molecular formula is C12H7ClFN3. The van der Waals surface area contributed by atoms with E-state index in [1.54, 1.807) is 36.5 Å². The van der Waals surface area contributed by atoms with Gasteiger partial charge in [0.15, 0.2) is 11.5 Å². The second-order valence-electron chi connectivity index (χ2n) is 3.54. The molecule has 1 aromatic carbocycles. The summed E-state index contributed by atoms with van der Waals surface area (Å²) < 4.78 is 15.1. The Balaban J connectivity index is 2.26. The molecule has 0 unspecified atom stereocenters. The zero-order valence-corrected chi connectivity index (χ0v) is 9.39. The summed E-state index contributed by atoms with van der Waals surface area (Å²) in [6.45, 7) is 0. The lowest BCUT2D eigenvalue weighted by Gasteiger charge is -1.95. The molecule has 2 aromatic heterocycles. The first-order valence-electron chi connectivity index (χ1n) is 5.01. The highest BCUT2D eigenvalue weighted by atomic mass is 35.5. The van der Waals surface area contributed by atoms with Crippen LogP contribution in [0, 0.1) is 5.82 Å². The quantitative estimate of drug-likeness (QED) is 0.661. The van der Waals surface area contributed by atoms with Crippen LogP contribution in [0.3, 0.4) is 0 Å². The molecule has 0 radical (unpaired) electrons. The molecule has 0 saturated heterocycles. The van der Waals surface area contributed by atoms with Crippen LogP contribution >= 0.6 is 11.6 Å². The fourth-order valence-electron chi connectivity index (χ4n) is 1.63. The van der Waals surface area contributed by atoms with Crippen molar-refractivity contribution in [3.05, 3.63) is 53.4 Å². The number of pyridine rings is 1. The fourth-order valence-corrected chi connectivity index (χ4v) is 1.83. The van der Waals surface area contributed by atoms with Crippen LogP contribution < -0.4 is 0 Å². The zero-order valence-electron chi connectivity index (χ0n) is 8.64. The summed E-state index contributed by atoms with van der Waals surface area (Å²) >= 11 is 5.98. The zero-order chi connectivity index (χ0) is 11.8. The maximum Gasteiger partial charge on any atom is 0.185 e. The van der Waals surface area contributed by atoms with Gasteiger partial charge in [-0.3, -0.25) is 0 Å². The Morgan fingerprint density at radius 3 is 2.71 bits per heavy atom. The molecule has 17 heavy (non-hydrogen) atoms. The fraction of sp³-hybridized carbons (Fsp3) is 0. The van der Waals surface area contributed by atoms with Crippen molar-refractivity contribution in [2.24, 2.45) is 0 Å². The molecule has 0 aliphatic rings. The lowest BCUT2D eigenvalue weighted by atomic mass is 10.2. The molecule has 5 heteroatoms. The van der Waals surface area contributed by atoms with Crippen LogP contribution in [-0.2, 0) is 0 Å². The molecule has 2 heterocycles. The highest BCUT2D eigenvalue weighted by Gasteiger charge is 2.11. The Bertz CT molecular complexity index is 693. The van der Waals surface area contributed by atoms with Gasteiger partial charge in [-0.2, -0.15) is 0 Å². The highest BCUT2D eigenvalue weighted by molar-refractivity contribution is 6.33. The van der Waals surface area contributed by atoms with Crippen molar-refractivity contribution in [2.45, 2.75) is 0 Å². The SMILES string of the molecule is Fc1ccccc1-c1nc2c(Cl)cccn2n1. The van der Waals surface area contributed by atoms with Gasteiger partial charge in [-0.1, -0.05) is 23.7 Å². The monoisotopic (exact) mass is 247 g/mol. The minimum atomic E-state index is -0.348. The van der Waals surface area contributed by atoms with Crippen LogP contribution in [0.5, 0.6) is 0 Å². The van der Waals surface area contributed by atoms with E-state index in [4.69, 9.17) is 11.6 Å². The van der Waals surface area contributed by atoms with Gasteiger partial charge in [0.2, 0.25) is 0 Å². The van der Waals surface area contributed by atoms with Gasteiger partial charge < -0.3 is 0 Å². The first-order valence-corrected chi connectivity index (χ1v) is 5.39. The summed E-state index contributed by atoms with van der Waals surface area (Å²) in [6, 6.07) is 9.86. The third-order valence-corrected chi connectivity index (χ3v) is 2.72. The second-order valence-corrected chi connectivity index (χ2v) is 3.95. The number of halogens is 2. The van der Waals surface area contributed by atoms with E-state index in [2.05, 4.69) is 10.1 Å². The number of nitrogens with zero attached hydrogens (tertiary/aromatic N) is 3. The van der Waals surface area contributed by atoms with Gasteiger partial charge in [0.25, 0.3) is 0 Å². The molecule has 0 saturated carbocycles. The third kappa shape index (κ3) is 1.66. The molecule has 0 fully saturated rings. The molecule has 0 aliphatic carbocycles. The largest absolute Gasteiger partial charge is 0.219 e. The van der Waals surface area contributed by atoms with Gasteiger partial charge in [0.05, 0.1) is 10.6 Å². The van der Waals surface area contributed by atoms with Crippen molar-refractivity contribution in [2.75, 3.05) is 0 Å². The molecule has 0 atom stereocenters. The molecule has 0 amide bonds. The minimum Gasteiger partial charge on any atom is -0.219 e. The highest BCUT2D eigenvalue weighted by Crippen LogP contribution is 2.22. The van der Waals surface area contributed by atoms with Crippen molar-refractivity contribution in [3.63, 3.8) is 0 Å². The van der Waals surface area contributed by atoms with Gasteiger partial charge in [0, 0.05) is 6.20 Å². The average Bonchev–Trinajstić information content (AvgIpc) is 2.75. The number of aromatic nitrogens is 3. The van der Waals surface area contributed by atoms with Crippen LogP contribution in [0.2, 0.25) is 5.02 Å². The van der Waals surface area contributed by atoms with E-state index in [9.17, 15) is 4.39 Å². The normalized spacial score (nSPS) is 10.9. The van der Waals surface area contributed by atoms with E-state index >= 15 is 0 Å². The van der Waals surface area contributed by atoms with Crippen LogP contribution in [0.15, 0.2) is 42.6 Å². The molecule has 3 aromatic rings. The number of benzene rings is 1. The van der Waals surface area contributed by atoms with Gasteiger partial charge in [-0.15, -0.1) is 5.10 Å². The van der Waals surface area contributed by atoms with Crippen LogP contribution in [0.1, 0.15) is 0 Å². The van der Waals surface area contributed by atoms with Crippen molar-refractivity contribution < 1.29 is 4.39 Å². The van der Waals surface area contributed by atoms with Gasteiger partial charge in [-0.05, 0) is 24.3 Å². The Labute approximate surface area is 101 Å². The van der Waals surface area contributed by atoms with Gasteiger partial charge in [-0.25, -0.2) is 13.9 Å². The van der Waals surface area contributed by atoms with Crippen molar-refractivity contribution >= 4 is 17.2 Å². The average molecular weight is 248 g/mol. The second kappa shape index (κ2) is 3.82. The first-order chi connectivity index (χ1) is 8.25. The molecule has 3 rings (SSSR count). The van der Waals surface area contributed by atoms with Crippen molar-refractivity contribution in [3.8, 4) is 11.4 Å². The summed E-state index contributed by atoms with van der Waals surface area (Å²) in [4.78, 5) is 4.22. The van der Waals surface area contributed by atoms with Crippen LogP contribution in [0.25, 0.3) is 17.0 Å². The Kier molecular flexibility index (Phi) is 2.30. The maximum atomic E-state index is 13.6.